The molecule has 2 aromatic rings. The van der Waals surface area contributed by atoms with Crippen LogP contribution >= 0.6 is 11.3 Å². The summed E-state index contributed by atoms with van der Waals surface area (Å²) in [5.74, 6) is 0. The van der Waals surface area contributed by atoms with Gasteiger partial charge >= 0.3 is 0 Å². The van der Waals surface area contributed by atoms with E-state index in [4.69, 9.17) is 0 Å². The summed E-state index contributed by atoms with van der Waals surface area (Å²) in [6.07, 6.45) is 3.42. The van der Waals surface area contributed by atoms with E-state index in [1.54, 1.807) is 23.7 Å². The number of aromatic nitrogens is 1. The summed E-state index contributed by atoms with van der Waals surface area (Å²) in [6, 6.07) is 5.75. The zero-order valence-corrected chi connectivity index (χ0v) is 9.58. The lowest BCUT2D eigenvalue weighted by molar-refractivity contribution is 0.105. The van der Waals surface area contributed by atoms with Crippen LogP contribution in [0.15, 0.2) is 36.0 Å². The molecule has 0 saturated heterocycles. The van der Waals surface area contributed by atoms with Crippen LogP contribution in [0.4, 0.5) is 0 Å². The van der Waals surface area contributed by atoms with Gasteiger partial charge in [-0.15, -0.1) is 11.3 Å². The Morgan fingerprint density at radius 2 is 2.20 bits per heavy atom. The molecule has 0 amide bonds. The summed E-state index contributed by atoms with van der Waals surface area (Å²) >= 11 is 1.57. The lowest BCUT2D eigenvalue weighted by Gasteiger charge is -2.23. The molecule has 78 valence electrons. The smallest absolute Gasteiger partial charge is 0.123 e. The molecule has 2 rings (SSSR count). The minimum atomic E-state index is -0.938. The highest BCUT2D eigenvalue weighted by molar-refractivity contribution is 7.10. The average molecular weight is 219 g/mol. The largest absolute Gasteiger partial charge is 0.380 e. The van der Waals surface area contributed by atoms with E-state index in [0.717, 1.165) is 16.0 Å². The SMILES string of the molecule is Cc1ccsc1C(C)(O)c1cccnc1. The van der Waals surface area contributed by atoms with Crippen molar-refractivity contribution in [2.24, 2.45) is 0 Å². The summed E-state index contributed by atoms with van der Waals surface area (Å²) in [4.78, 5) is 5.02. The van der Waals surface area contributed by atoms with Crippen LogP contribution in [0.3, 0.4) is 0 Å². The van der Waals surface area contributed by atoms with Gasteiger partial charge in [0.05, 0.1) is 0 Å². The molecule has 0 spiro atoms. The monoisotopic (exact) mass is 219 g/mol. The zero-order valence-electron chi connectivity index (χ0n) is 8.77. The molecule has 0 aliphatic heterocycles. The minimum Gasteiger partial charge on any atom is -0.380 e. The summed E-state index contributed by atoms with van der Waals surface area (Å²) in [7, 11) is 0. The Morgan fingerprint density at radius 1 is 1.40 bits per heavy atom. The number of rotatable bonds is 2. The fourth-order valence-electron chi connectivity index (χ4n) is 1.65. The summed E-state index contributed by atoms with van der Waals surface area (Å²) in [6.45, 7) is 3.82. The first-order valence-electron chi connectivity index (χ1n) is 4.80. The molecule has 2 aromatic heterocycles. The molecule has 1 atom stereocenters. The molecule has 1 unspecified atom stereocenters. The van der Waals surface area contributed by atoms with E-state index in [2.05, 4.69) is 4.98 Å². The van der Waals surface area contributed by atoms with Gasteiger partial charge in [-0.2, -0.15) is 0 Å². The molecule has 3 heteroatoms. The van der Waals surface area contributed by atoms with Crippen molar-refractivity contribution in [1.82, 2.24) is 4.98 Å². The maximum Gasteiger partial charge on any atom is 0.123 e. The van der Waals surface area contributed by atoms with Gasteiger partial charge in [0.1, 0.15) is 5.60 Å². The Labute approximate surface area is 93.2 Å². The maximum absolute atomic E-state index is 10.5. The summed E-state index contributed by atoms with van der Waals surface area (Å²) in [5.41, 5.74) is 1.01. The van der Waals surface area contributed by atoms with Crippen LogP contribution in [0.1, 0.15) is 22.9 Å². The second-order valence-corrected chi connectivity index (χ2v) is 4.66. The predicted molar refractivity (Wildman–Crippen MR) is 62.0 cm³/mol. The first-order valence-corrected chi connectivity index (χ1v) is 5.68. The van der Waals surface area contributed by atoms with Gasteiger partial charge in [0.25, 0.3) is 0 Å². The summed E-state index contributed by atoms with van der Waals surface area (Å²) < 4.78 is 0. The Bertz CT molecular complexity index is 448. The number of aryl methyl sites for hydroxylation is 1. The van der Waals surface area contributed by atoms with Crippen LogP contribution in [0.5, 0.6) is 0 Å². The highest BCUT2D eigenvalue weighted by Crippen LogP contribution is 2.34. The van der Waals surface area contributed by atoms with E-state index in [1.165, 1.54) is 0 Å². The van der Waals surface area contributed by atoms with E-state index in [-0.39, 0.29) is 0 Å². The van der Waals surface area contributed by atoms with Gasteiger partial charge in [0, 0.05) is 22.8 Å². The van der Waals surface area contributed by atoms with Gasteiger partial charge in [-0.3, -0.25) is 4.98 Å². The molecule has 0 radical (unpaired) electrons. The highest BCUT2D eigenvalue weighted by atomic mass is 32.1. The molecular weight excluding hydrogens is 206 g/mol. The minimum absolute atomic E-state index is 0.829. The van der Waals surface area contributed by atoms with E-state index < -0.39 is 5.60 Å². The molecule has 2 heterocycles. The molecule has 0 aliphatic carbocycles. The van der Waals surface area contributed by atoms with Crippen molar-refractivity contribution in [2.45, 2.75) is 19.4 Å². The number of aliphatic hydroxyl groups is 1. The van der Waals surface area contributed by atoms with E-state index >= 15 is 0 Å². The van der Waals surface area contributed by atoms with Gasteiger partial charge in [-0.25, -0.2) is 0 Å². The van der Waals surface area contributed by atoms with Gasteiger partial charge in [0.15, 0.2) is 0 Å². The second-order valence-electron chi connectivity index (χ2n) is 3.75. The van der Waals surface area contributed by atoms with Gasteiger partial charge in [-0.05, 0) is 36.9 Å². The zero-order chi connectivity index (χ0) is 10.9. The molecule has 0 saturated carbocycles. The van der Waals surface area contributed by atoms with Crippen molar-refractivity contribution < 1.29 is 5.11 Å². The molecule has 15 heavy (non-hydrogen) atoms. The third-order valence-corrected chi connectivity index (χ3v) is 3.76. The Kier molecular flexibility index (Phi) is 2.59. The molecular formula is C12H13NOS. The van der Waals surface area contributed by atoms with E-state index in [0.29, 0.717) is 0 Å². The molecule has 1 N–H and O–H groups in total. The number of nitrogens with zero attached hydrogens (tertiary/aromatic N) is 1. The molecule has 0 fully saturated rings. The number of thiophene rings is 1. The Balaban J connectivity index is 2.48. The highest BCUT2D eigenvalue weighted by Gasteiger charge is 2.28. The fraction of sp³-hybridized carbons (Fsp3) is 0.250. The van der Waals surface area contributed by atoms with Crippen molar-refractivity contribution >= 4 is 11.3 Å². The fourth-order valence-corrected chi connectivity index (χ4v) is 2.66. The summed E-state index contributed by atoms with van der Waals surface area (Å²) in [5, 5.41) is 12.5. The van der Waals surface area contributed by atoms with Crippen molar-refractivity contribution in [1.29, 1.82) is 0 Å². The van der Waals surface area contributed by atoms with Crippen LogP contribution in [-0.4, -0.2) is 10.1 Å². The lowest BCUT2D eigenvalue weighted by atomic mass is 9.94. The van der Waals surface area contributed by atoms with Crippen molar-refractivity contribution in [3.8, 4) is 0 Å². The number of pyridine rings is 1. The van der Waals surface area contributed by atoms with Gasteiger partial charge in [-0.1, -0.05) is 6.07 Å². The first-order chi connectivity index (χ1) is 7.12. The number of hydrogen-bond acceptors (Lipinski definition) is 3. The molecule has 0 aliphatic rings. The topological polar surface area (TPSA) is 33.1 Å². The van der Waals surface area contributed by atoms with E-state index in [1.807, 2.05) is 37.4 Å². The van der Waals surface area contributed by atoms with Crippen molar-refractivity contribution in [3.63, 3.8) is 0 Å². The quantitative estimate of drug-likeness (QED) is 0.842. The van der Waals surface area contributed by atoms with Gasteiger partial charge in [0.2, 0.25) is 0 Å². The maximum atomic E-state index is 10.5. The third-order valence-electron chi connectivity index (χ3n) is 2.53. The van der Waals surface area contributed by atoms with Crippen molar-refractivity contribution in [3.05, 3.63) is 52.0 Å². The number of hydrogen-bond donors (Lipinski definition) is 1. The van der Waals surface area contributed by atoms with Crippen LogP contribution < -0.4 is 0 Å². The van der Waals surface area contributed by atoms with Crippen LogP contribution in [-0.2, 0) is 5.60 Å². The predicted octanol–water partition coefficient (Wildman–Crippen LogP) is 2.71. The standard InChI is InChI=1S/C12H13NOS/c1-9-5-7-15-11(9)12(2,14)10-4-3-6-13-8-10/h3-8,14H,1-2H3. The first kappa shape index (κ1) is 10.3. The lowest BCUT2D eigenvalue weighted by Crippen LogP contribution is -2.22. The van der Waals surface area contributed by atoms with Crippen LogP contribution in [0, 0.1) is 6.92 Å². The molecule has 0 aromatic carbocycles. The van der Waals surface area contributed by atoms with Gasteiger partial charge < -0.3 is 5.11 Å². The average Bonchev–Trinajstić information content (AvgIpc) is 2.66. The van der Waals surface area contributed by atoms with Crippen LogP contribution in [0.2, 0.25) is 0 Å². The van der Waals surface area contributed by atoms with Crippen LogP contribution in [0.25, 0.3) is 0 Å². The second kappa shape index (κ2) is 3.76. The normalized spacial score (nSPS) is 14.9. The Morgan fingerprint density at radius 3 is 2.73 bits per heavy atom. The molecule has 2 nitrogen and oxygen atoms in total. The third kappa shape index (κ3) is 1.80. The van der Waals surface area contributed by atoms with Crippen molar-refractivity contribution in [2.75, 3.05) is 0 Å². The van der Waals surface area contributed by atoms with E-state index in [9.17, 15) is 5.11 Å². The molecule has 0 bridgehead atoms. The Hall–Kier alpha value is -1.19.